The molecule has 5 heteroatoms. The molecule has 2 fully saturated rings. The molecule has 4 nitrogen and oxygen atoms in total. The molecule has 98 valence electrons. The predicted octanol–water partition coefficient (Wildman–Crippen LogP) is 0.895. The van der Waals surface area contributed by atoms with Crippen LogP contribution in [-0.2, 0) is 9.53 Å². The van der Waals surface area contributed by atoms with Gasteiger partial charge in [-0.25, -0.2) is 0 Å². The zero-order valence-electron chi connectivity index (χ0n) is 10.2. The van der Waals surface area contributed by atoms with E-state index in [1.54, 1.807) is 0 Å². The molecule has 3 atom stereocenters. The van der Waals surface area contributed by atoms with E-state index in [0.29, 0.717) is 11.8 Å². The van der Waals surface area contributed by atoms with Gasteiger partial charge in [-0.3, -0.25) is 4.79 Å². The first-order valence-electron chi connectivity index (χ1n) is 6.54. The van der Waals surface area contributed by atoms with E-state index in [-0.39, 0.29) is 18.1 Å². The fraction of sp³-hybridized carbons (Fsp3) is 0.917. The molecule has 3 N–H and O–H groups in total. The maximum absolute atomic E-state index is 11.9. The minimum Gasteiger partial charge on any atom is -0.364 e. The average molecular weight is 258 g/mol. The maximum Gasteiger partial charge on any atom is 0.249 e. The van der Waals surface area contributed by atoms with Crippen LogP contribution in [0.15, 0.2) is 0 Å². The van der Waals surface area contributed by atoms with Crippen molar-refractivity contribution in [1.29, 1.82) is 0 Å². The smallest absolute Gasteiger partial charge is 0.249 e. The van der Waals surface area contributed by atoms with Crippen LogP contribution in [0.3, 0.4) is 0 Å². The first-order chi connectivity index (χ1) is 8.29. The molecular weight excluding hydrogens is 236 g/mol. The fourth-order valence-corrected chi connectivity index (χ4v) is 3.61. The van der Waals surface area contributed by atoms with Crippen LogP contribution in [-0.4, -0.2) is 42.2 Å². The first kappa shape index (κ1) is 13.2. The largest absolute Gasteiger partial charge is 0.364 e. The summed E-state index contributed by atoms with van der Waals surface area (Å²) in [5, 5.41) is 3.61. The normalized spacial score (nSPS) is 33.6. The number of ether oxygens (including phenoxy) is 1. The van der Waals surface area contributed by atoms with Crippen molar-refractivity contribution < 1.29 is 9.53 Å². The lowest BCUT2D eigenvalue weighted by Gasteiger charge is -2.22. The van der Waals surface area contributed by atoms with Crippen LogP contribution < -0.4 is 11.1 Å². The van der Waals surface area contributed by atoms with Gasteiger partial charge in [0.05, 0.1) is 6.10 Å². The summed E-state index contributed by atoms with van der Waals surface area (Å²) in [5.41, 5.74) is 5.53. The zero-order chi connectivity index (χ0) is 12.1. The third-order valence-corrected chi connectivity index (χ3v) is 4.84. The van der Waals surface area contributed by atoms with Gasteiger partial charge >= 0.3 is 0 Å². The highest BCUT2D eigenvalue weighted by atomic mass is 32.2. The fourth-order valence-electron chi connectivity index (χ4n) is 2.37. The number of carbonyl (C=O) groups excluding carboxylic acids is 1. The third-order valence-electron chi connectivity index (χ3n) is 3.44. The minimum atomic E-state index is -0.267. The molecule has 2 saturated heterocycles. The molecule has 0 aromatic rings. The predicted molar refractivity (Wildman–Crippen MR) is 70.1 cm³/mol. The number of thioether (sulfide) groups is 1. The molecule has 0 aromatic carbocycles. The summed E-state index contributed by atoms with van der Waals surface area (Å²) in [4.78, 5) is 11.9. The van der Waals surface area contributed by atoms with Gasteiger partial charge in [0.25, 0.3) is 0 Å². The number of nitrogens with one attached hydrogen (secondary N) is 1. The minimum absolute atomic E-state index is 0.0483. The summed E-state index contributed by atoms with van der Waals surface area (Å²) in [5.74, 6) is 1.28. The second-order valence-electron chi connectivity index (χ2n) is 4.79. The van der Waals surface area contributed by atoms with Crippen LogP contribution in [0.2, 0.25) is 0 Å². The molecule has 2 heterocycles. The summed E-state index contributed by atoms with van der Waals surface area (Å²) < 4.78 is 5.57. The SMILES string of the molecule is NCC1CCC(C(=O)NCC2CCCCS2)O1. The number of nitrogens with two attached hydrogens (primary N) is 1. The van der Waals surface area contributed by atoms with Gasteiger partial charge in [-0.1, -0.05) is 6.42 Å². The summed E-state index contributed by atoms with van der Waals surface area (Å²) in [7, 11) is 0. The molecule has 0 bridgehead atoms. The Kier molecular flexibility index (Phi) is 5.13. The maximum atomic E-state index is 11.9. The van der Waals surface area contributed by atoms with Crippen molar-refractivity contribution in [3.8, 4) is 0 Å². The third kappa shape index (κ3) is 3.86. The van der Waals surface area contributed by atoms with E-state index in [0.717, 1.165) is 19.4 Å². The molecule has 0 aliphatic carbocycles. The Morgan fingerprint density at radius 1 is 1.35 bits per heavy atom. The second kappa shape index (κ2) is 6.61. The highest BCUT2D eigenvalue weighted by Gasteiger charge is 2.30. The number of hydrogen-bond donors (Lipinski definition) is 2. The molecule has 0 saturated carbocycles. The second-order valence-corrected chi connectivity index (χ2v) is 6.20. The molecule has 2 rings (SSSR count). The van der Waals surface area contributed by atoms with E-state index in [9.17, 15) is 4.79 Å². The van der Waals surface area contributed by atoms with Crippen molar-refractivity contribution >= 4 is 17.7 Å². The van der Waals surface area contributed by atoms with Crippen LogP contribution in [0.25, 0.3) is 0 Å². The van der Waals surface area contributed by atoms with E-state index >= 15 is 0 Å². The Hall–Kier alpha value is -0.260. The Morgan fingerprint density at radius 3 is 2.88 bits per heavy atom. The molecule has 17 heavy (non-hydrogen) atoms. The molecule has 3 unspecified atom stereocenters. The molecule has 0 radical (unpaired) electrons. The van der Waals surface area contributed by atoms with Gasteiger partial charge in [0.1, 0.15) is 6.10 Å². The topological polar surface area (TPSA) is 64.4 Å². The highest BCUT2D eigenvalue weighted by Crippen LogP contribution is 2.24. The summed E-state index contributed by atoms with van der Waals surface area (Å²) in [6.07, 6.45) is 5.37. The van der Waals surface area contributed by atoms with Gasteiger partial charge in [-0.15, -0.1) is 0 Å². The van der Waals surface area contributed by atoms with Gasteiger partial charge in [0, 0.05) is 18.3 Å². The molecule has 0 aromatic heterocycles. The lowest BCUT2D eigenvalue weighted by atomic mass is 10.1. The summed E-state index contributed by atoms with van der Waals surface area (Å²) in [6.45, 7) is 1.30. The Bertz CT molecular complexity index is 257. The molecule has 2 aliphatic rings. The van der Waals surface area contributed by atoms with E-state index in [1.807, 2.05) is 11.8 Å². The Labute approximate surface area is 107 Å². The van der Waals surface area contributed by atoms with Crippen molar-refractivity contribution in [2.45, 2.75) is 49.6 Å². The molecule has 0 spiro atoms. The van der Waals surface area contributed by atoms with E-state index in [2.05, 4.69) is 5.32 Å². The van der Waals surface area contributed by atoms with Crippen molar-refractivity contribution in [3.63, 3.8) is 0 Å². The molecule has 2 aliphatic heterocycles. The van der Waals surface area contributed by atoms with Gasteiger partial charge in [0.2, 0.25) is 5.91 Å². The Morgan fingerprint density at radius 2 is 2.24 bits per heavy atom. The van der Waals surface area contributed by atoms with Crippen LogP contribution in [0, 0.1) is 0 Å². The quantitative estimate of drug-likeness (QED) is 0.786. The van der Waals surface area contributed by atoms with E-state index in [1.165, 1.54) is 25.0 Å². The summed E-state index contributed by atoms with van der Waals surface area (Å²) in [6, 6.07) is 0. The van der Waals surface area contributed by atoms with Crippen molar-refractivity contribution in [1.82, 2.24) is 5.32 Å². The molecular formula is C12H22N2O2S. The molecule has 1 amide bonds. The lowest BCUT2D eigenvalue weighted by molar-refractivity contribution is -0.131. The Balaban J connectivity index is 1.66. The van der Waals surface area contributed by atoms with E-state index in [4.69, 9.17) is 10.5 Å². The van der Waals surface area contributed by atoms with Crippen molar-refractivity contribution in [2.24, 2.45) is 5.73 Å². The summed E-state index contributed by atoms with van der Waals surface area (Å²) >= 11 is 1.98. The van der Waals surface area contributed by atoms with Crippen LogP contribution in [0.5, 0.6) is 0 Å². The lowest BCUT2D eigenvalue weighted by Crippen LogP contribution is -2.39. The van der Waals surface area contributed by atoms with Gasteiger partial charge < -0.3 is 15.8 Å². The average Bonchev–Trinajstić information content (AvgIpc) is 2.86. The highest BCUT2D eigenvalue weighted by molar-refractivity contribution is 7.99. The monoisotopic (exact) mass is 258 g/mol. The van der Waals surface area contributed by atoms with Crippen molar-refractivity contribution in [2.75, 3.05) is 18.8 Å². The van der Waals surface area contributed by atoms with Crippen molar-refractivity contribution in [3.05, 3.63) is 0 Å². The number of carbonyl (C=O) groups is 1. The van der Waals surface area contributed by atoms with E-state index < -0.39 is 0 Å². The van der Waals surface area contributed by atoms with Crippen LogP contribution in [0.4, 0.5) is 0 Å². The standard InChI is InChI=1S/C12H22N2O2S/c13-7-9-4-5-11(16-9)12(15)14-8-10-3-1-2-6-17-10/h9-11H,1-8,13H2,(H,14,15). The van der Waals surface area contributed by atoms with Crippen LogP contribution in [0.1, 0.15) is 32.1 Å². The number of hydrogen-bond acceptors (Lipinski definition) is 4. The first-order valence-corrected chi connectivity index (χ1v) is 7.59. The van der Waals surface area contributed by atoms with Gasteiger partial charge in [-0.05, 0) is 31.4 Å². The van der Waals surface area contributed by atoms with Gasteiger partial charge in [-0.2, -0.15) is 11.8 Å². The van der Waals surface area contributed by atoms with Gasteiger partial charge in [0.15, 0.2) is 0 Å². The van der Waals surface area contributed by atoms with Crippen LogP contribution >= 0.6 is 11.8 Å². The number of rotatable bonds is 4. The number of amides is 1. The zero-order valence-corrected chi connectivity index (χ0v) is 11.0.